The third kappa shape index (κ3) is 1.43. The molecule has 0 aromatic heterocycles. The fraction of sp³-hybridized carbons (Fsp3) is 0.200. The highest BCUT2D eigenvalue weighted by atomic mass is 16.5. The predicted octanol–water partition coefficient (Wildman–Crippen LogP) is -0.365. The lowest BCUT2D eigenvalue weighted by atomic mass is 10.2. The van der Waals surface area contributed by atoms with Gasteiger partial charge in [-0.15, -0.1) is 0 Å². The van der Waals surface area contributed by atoms with E-state index in [0.717, 1.165) is 0 Å². The van der Waals surface area contributed by atoms with Crippen LogP contribution < -0.4 is 20.3 Å². The highest BCUT2D eigenvalue weighted by Gasteiger charge is 2.15. The van der Waals surface area contributed by atoms with E-state index in [1.807, 2.05) is 0 Å². The Bertz CT molecular complexity index is 731. The molecule has 0 spiro atoms. The first kappa shape index (κ1) is 11.1. The Balaban J connectivity index is 3.21. The molecule has 2 rings (SSSR count). The smallest absolute Gasteiger partial charge is 0.253 e. The minimum atomic E-state index is -0.547. The summed E-state index contributed by atoms with van der Waals surface area (Å²) in [6, 6.07) is 0. The fourth-order valence-corrected chi connectivity index (χ4v) is 1.67. The second-order valence-electron chi connectivity index (χ2n) is 3.30. The number of nitrogens with one attached hydrogen (secondary N) is 2. The Kier molecular flexibility index (Phi) is 2.51. The quantitative estimate of drug-likeness (QED) is 0.620. The van der Waals surface area contributed by atoms with Crippen LogP contribution in [0.25, 0.3) is 0 Å². The minimum Gasteiger partial charge on any atom is -0.491 e. The van der Waals surface area contributed by atoms with E-state index in [0.29, 0.717) is 4.73 Å². The highest BCUT2D eigenvalue weighted by molar-refractivity contribution is 5.38. The van der Waals surface area contributed by atoms with Gasteiger partial charge >= 0.3 is 0 Å². The molecule has 7 nitrogen and oxygen atoms in total. The molecular weight excluding hydrogens is 226 g/mol. The maximum absolute atomic E-state index is 12.0. The molecule has 0 radical (unpaired) electrons. The number of ether oxygens (including phenoxy) is 2. The molecule has 90 valence electrons. The van der Waals surface area contributed by atoms with Crippen molar-refractivity contribution >= 4 is 0 Å². The molecule has 1 aliphatic heterocycles. The van der Waals surface area contributed by atoms with Gasteiger partial charge in [-0.1, -0.05) is 0 Å². The molecule has 0 amide bonds. The summed E-state index contributed by atoms with van der Waals surface area (Å²) >= 11 is 0. The van der Waals surface area contributed by atoms with E-state index in [1.54, 1.807) is 0 Å². The molecule has 0 saturated heterocycles. The molecule has 3 N–H and O–H groups in total. The molecule has 0 aromatic rings. The zero-order valence-corrected chi connectivity index (χ0v) is 9.27. The summed E-state index contributed by atoms with van der Waals surface area (Å²) in [5, 5.41) is 17.5. The summed E-state index contributed by atoms with van der Waals surface area (Å²) in [7, 11) is 2.65. The molecule has 0 atom stereocenters. The summed E-state index contributed by atoms with van der Waals surface area (Å²) < 4.78 is 10.5. The van der Waals surface area contributed by atoms with Crippen molar-refractivity contribution in [2.45, 2.75) is 0 Å². The topological polar surface area (TPSA) is 100 Å². The van der Waals surface area contributed by atoms with Gasteiger partial charge in [0.1, 0.15) is 5.36 Å². The van der Waals surface area contributed by atoms with Gasteiger partial charge in [-0.3, -0.25) is 10.2 Å². The molecule has 7 heteroatoms. The van der Waals surface area contributed by atoms with Gasteiger partial charge in [-0.2, -0.15) is 4.73 Å². The van der Waals surface area contributed by atoms with E-state index in [-0.39, 0.29) is 27.6 Å². The number of hydrogen-bond donors (Lipinski definition) is 3. The summed E-state index contributed by atoms with van der Waals surface area (Å²) in [5.74, 6) is -0.0696. The van der Waals surface area contributed by atoms with Crippen molar-refractivity contribution in [3.63, 3.8) is 0 Å². The number of hydrogen-bond acceptors (Lipinski definition) is 5. The average Bonchev–Trinajstić information content (AvgIpc) is 2.33. The number of nitrogens with zero attached hydrogens (tertiary/aromatic N) is 1. The standard InChI is InChI=1S/C10H11N3O4/c1-16-9-5(11)6-7(8(14)10(9)17-2)13(15)4-3-12-6/h3-4,11-12,15H,1-2H3. The van der Waals surface area contributed by atoms with Crippen LogP contribution in [0.2, 0.25) is 0 Å². The first-order valence-electron chi connectivity index (χ1n) is 4.73. The zero-order valence-electron chi connectivity index (χ0n) is 9.27. The SMILES string of the molecule is COc1c(OC)c(=O)c2n(O)cc[nH]c=2c1=N. The monoisotopic (exact) mass is 237 g/mol. The third-order valence-electron chi connectivity index (χ3n) is 2.42. The van der Waals surface area contributed by atoms with Gasteiger partial charge in [-0.25, -0.2) is 0 Å². The number of methoxy groups -OCH3 is 2. The van der Waals surface area contributed by atoms with Gasteiger partial charge in [0.15, 0.2) is 11.1 Å². The van der Waals surface area contributed by atoms with Crippen molar-refractivity contribution in [2.75, 3.05) is 14.2 Å². The van der Waals surface area contributed by atoms with Gasteiger partial charge in [0.25, 0.3) is 5.43 Å². The van der Waals surface area contributed by atoms with Gasteiger partial charge in [0.05, 0.1) is 25.8 Å². The molecule has 17 heavy (non-hydrogen) atoms. The van der Waals surface area contributed by atoms with E-state index in [1.165, 1.54) is 26.6 Å². The van der Waals surface area contributed by atoms with Crippen LogP contribution in [0.5, 0.6) is 11.5 Å². The highest BCUT2D eigenvalue weighted by Crippen LogP contribution is 2.16. The van der Waals surface area contributed by atoms with Crippen molar-refractivity contribution in [1.29, 1.82) is 5.41 Å². The third-order valence-corrected chi connectivity index (χ3v) is 2.42. The summed E-state index contributed by atoms with van der Waals surface area (Å²) in [4.78, 5) is 14.7. The lowest BCUT2D eigenvalue weighted by Gasteiger charge is -2.08. The average molecular weight is 237 g/mol. The summed E-state index contributed by atoms with van der Waals surface area (Å²) in [6.07, 6.45) is 2.67. The van der Waals surface area contributed by atoms with Crippen LogP contribution in [-0.4, -0.2) is 29.1 Å². The van der Waals surface area contributed by atoms with Crippen LogP contribution in [0.4, 0.5) is 0 Å². The lowest BCUT2D eigenvalue weighted by molar-refractivity contribution is 0.174. The molecule has 2 aliphatic rings. The Morgan fingerprint density at radius 2 is 2.00 bits per heavy atom. The number of aromatic nitrogens is 2. The van der Waals surface area contributed by atoms with E-state index in [9.17, 15) is 10.0 Å². The van der Waals surface area contributed by atoms with Crippen molar-refractivity contribution in [1.82, 2.24) is 9.71 Å². The van der Waals surface area contributed by atoms with Crippen LogP contribution in [0.1, 0.15) is 0 Å². The van der Waals surface area contributed by atoms with Gasteiger partial charge < -0.3 is 19.7 Å². The molecule has 1 aliphatic carbocycles. The molecule has 0 fully saturated rings. The van der Waals surface area contributed by atoms with E-state index in [4.69, 9.17) is 14.9 Å². The van der Waals surface area contributed by atoms with Crippen molar-refractivity contribution in [2.24, 2.45) is 0 Å². The first-order valence-corrected chi connectivity index (χ1v) is 4.73. The molecule has 0 saturated carbocycles. The van der Waals surface area contributed by atoms with Crippen LogP contribution >= 0.6 is 0 Å². The molecule has 0 unspecified atom stereocenters. The van der Waals surface area contributed by atoms with E-state index in [2.05, 4.69) is 4.98 Å². The second kappa shape index (κ2) is 3.85. The summed E-state index contributed by atoms with van der Waals surface area (Å²) in [5.41, 5.74) is -0.547. The molecule has 1 heterocycles. The molecule has 0 aromatic carbocycles. The minimum absolute atomic E-state index is 0.0347. The van der Waals surface area contributed by atoms with Crippen LogP contribution in [0.15, 0.2) is 17.2 Å². The summed E-state index contributed by atoms with van der Waals surface area (Å²) in [6.45, 7) is 0. The zero-order chi connectivity index (χ0) is 12.6. The Labute approximate surface area is 95.0 Å². The van der Waals surface area contributed by atoms with E-state index < -0.39 is 5.43 Å². The largest absolute Gasteiger partial charge is 0.491 e. The Morgan fingerprint density at radius 1 is 1.35 bits per heavy atom. The normalized spacial score (nSPS) is 10.5. The number of H-pyrrole nitrogens is 1. The van der Waals surface area contributed by atoms with Crippen molar-refractivity contribution in [3.05, 3.63) is 38.7 Å². The van der Waals surface area contributed by atoms with Crippen molar-refractivity contribution in [3.8, 4) is 11.5 Å². The van der Waals surface area contributed by atoms with Gasteiger partial charge in [0.2, 0.25) is 5.75 Å². The van der Waals surface area contributed by atoms with Crippen LogP contribution in [0.3, 0.4) is 0 Å². The second-order valence-corrected chi connectivity index (χ2v) is 3.30. The Morgan fingerprint density at radius 3 is 2.59 bits per heavy atom. The number of aromatic amines is 1. The first-order chi connectivity index (χ1) is 8.11. The van der Waals surface area contributed by atoms with E-state index >= 15 is 0 Å². The maximum atomic E-state index is 12.0. The van der Waals surface area contributed by atoms with Crippen LogP contribution in [-0.2, 0) is 0 Å². The molecule has 0 bridgehead atoms. The predicted molar refractivity (Wildman–Crippen MR) is 56.5 cm³/mol. The molecular formula is C10H11N3O4. The van der Waals surface area contributed by atoms with Gasteiger partial charge in [-0.05, 0) is 0 Å². The number of rotatable bonds is 2. The van der Waals surface area contributed by atoms with Crippen molar-refractivity contribution < 1.29 is 14.7 Å². The van der Waals surface area contributed by atoms with Crippen LogP contribution in [0, 0.1) is 16.1 Å². The fourth-order valence-electron chi connectivity index (χ4n) is 1.67. The van der Waals surface area contributed by atoms with Gasteiger partial charge in [0, 0.05) is 6.20 Å². The Hall–Kier alpha value is -2.44. The maximum Gasteiger partial charge on any atom is 0.253 e. The lowest BCUT2D eigenvalue weighted by Crippen LogP contribution is -2.23.